The zero-order valence-electron chi connectivity index (χ0n) is 11.4. The van der Waals surface area contributed by atoms with Crippen LogP contribution in [0.2, 0.25) is 0 Å². The molecule has 0 radical (unpaired) electrons. The fourth-order valence-electron chi connectivity index (χ4n) is 5.64. The van der Waals surface area contributed by atoms with E-state index in [0.29, 0.717) is 12.8 Å². The molecule has 0 aromatic heterocycles. The van der Waals surface area contributed by atoms with Gasteiger partial charge in [-0.2, -0.15) is 0 Å². The van der Waals surface area contributed by atoms with E-state index in [1.165, 1.54) is 0 Å². The molecule has 3 saturated carbocycles. The molecule has 0 amide bonds. The lowest BCUT2D eigenvalue weighted by atomic mass is 9.58. The van der Waals surface area contributed by atoms with Crippen molar-refractivity contribution in [2.75, 3.05) is 0 Å². The van der Waals surface area contributed by atoms with Gasteiger partial charge in [0.1, 0.15) is 5.78 Å². The van der Waals surface area contributed by atoms with E-state index in [1.807, 2.05) is 13.8 Å². The van der Waals surface area contributed by atoms with E-state index in [-0.39, 0.29) is 18.1 Å². The van der Waals surface area contributed by atoms with Crippen molar-refractivity contribution < 1.29 is 24.9 Å². The van der Waals surface area contributed by atoms with Crippen LogP contribution in [0.4, 0.5) is 0 Å². The topological polar surface area (TPSA) is 94.8 Å². The minimum atomic E-state index is -2.17. The Morgan fingerprint density at radius 2 is 1.84 bits per heavy atom. The third-order valence-corrected chi connectivity index (χ3v) is 6.82. The number of ketones is 1. The van der Waals surface area contributed by atoms with Crippen LogP contribution < -0.4 is 0 Å². The minimum Gasteiger partial charge on any atom is -0.479 e. The van der Waals surface area contributed by atoms with Crippen LogP contribution in [-0.2, 0) is 9.59 Å². The number of hydrogen-bond acceptors (Lipinski definition) is 4. The van der Waals surface area contributed by atoms with Gasteiger partial charge in [0.15, 0.2) is 5.60 Å². The molecule has 3 aliphatic carbocycles. The molecule has 5 atom stereocenters. The molecule has 3 N–H and O–H groups in total. The highest BCUT2D eigenvalue weighted by Gasteiger charge is 2.89. The molecule has 0 aromatic carbocycles. The Kier molecular flexibility index (Phi) is 2.09. The van der Waals surface area contributed by atoms with Gasteiger partial charge in [-0.15, -0.1) is 0 Å². The maximum absolute atomic E-state index is 12.4. The summed E-state index contributed by atoms with van der Waals surface area (Å²) in [6, 6.07) is 0. The van der Waals surface area contributed by atoms with Gasteiger partial charge in [0.2, 0.25) is 0 Å². The predicted molar refractivity (Wildman–Crippen MR) is 65.3 cm³/mol. The first-order chi connectivity index (χ1) is 8.58. The highest BCUT2D eigenvalue weighted by molar-refractivity contribution is 6.01. The summed E-state index contributed by atoms with van der Waals surface area (Å²) >= 11 is 0. The second-order valence-corrected chi connectivity index (χ2v) is 7.15. The number of aliphatic hydroxyl groups excluding tert-OH is 1. The van der Waals surface area contributed by atoms with Crippen LogP contribution in [0.5, 0.6) is 0 Å². The number of carboxylic acids is 1. The Balaban J connectivity index is 2.37. The SMILES string of the molecule is CC1(C)[C@H]2CC[C@H](O)C23CC(=O)C1(C)C3(O)C(=O)O. The first kappa shape index (κ1) is 13.1. The third kappa shape index (κ3) is 0.887. The predicted octanol–water partition coefficient (Wildman–Crippen LogP) is 0.578. The van der Waals surface area contributed by atoms with E-state index in [0.717, 1.165) is 0 Å². The summed E-state index contributed by atoms with van der Waals surface area (Å²) in [7, 11) is 0. The largest absolute Gasteiger partial charge is 0.479 e. The van der Waals surface area contributed by atoms with Crippen LogP contribution in [0.3, 0.4) is 0 Å². The first-order valence-corrected chi connectivity index (χ1v) is 6.75. The first-order valence-electron chi connectivity index (χ1n) is 6.75. The van der Waals surface area contributed by atoms with E-state index < -0.39 is 33.9 Å². The second-order valence-electron chi connectivity index (χ2n) is 7.15. The van der Waals surface area contributed by atoms with Crippen molar-refractivity contribution >= 4 is 11.8 Å². The Morgan fingerprint density at radius 3 is 2.37 bits per heavy atom. The van der Waals surface area contributed by atoms with Gasteiger partial charge in [0, 0.05) is 11.8 Å². The molecule has 106 valence electrons. The molecule has 3 unspecified atom stereocenters. The van der Waals surface area contributed by atoms with Gasteiger partial charge >= 0.3 is 5.97 Å². The molecule has 1 spiro atoms. The number of aliphatic carboxylic acids is 1. The van der Waals surface area contributed by atoms with Crippen molar-refractivity contribution in [3.63, 3.8) is 0 Å². The number of carbonyl (C=O) groups excluding carboxylic acids is 1. The summed E-state index contributed by atoms with van der Waals surface area (Å²) in [5, 5.41) is 30.9. The monoisotopic (exact) mass is 268 g/mol. The zero-order valence-corrected chi connectivity index (χ0v) is 11.4. The molecule has 0 aliphatic heterocycles. The Labute approximate surface area is 111 Å². The van der Waals surface area contributed by atoms with Crippen LogP contribution >= 0.6 is 0 Å². The van der Waals surface area contributed by atoms with Gasteiger partial charge < -0.3 is 15.3 Å². The molecular weight excluding hydrogens is 248 g/mol. The quantitative estimate of drug-likeness (QED) is 0.646. The number of carboxylic acid groups (broad SMARTS) is 1. The van der Waals surface area contributed by atoms with Crippen LogP contribution in [-0.4, -0.2) is 38.8 Å². The Bertz CT molecular complexity index is 498. The molecule has 0 saturated heterocycles. The van der Waals surface area contributed by atoms with Crippen molar-refractivity contribution in [2.45, 2.75) is 51.7 Å². The molecule has 5 nitrogen and oxygen atoms in total. The number of hydrogen-bond donors (Lipinski definition) is 3. The van der Waals surface area contributed by atoms with Gasteiger partial charge in [-0.3, -0.25) is 4.79 Å². The molecule has 3 fully saturated rings. The maximum atomic E-state index is 12.4. The molecule has 19 heavy (non-hydrogen) atoms. The van der Waals surface area contributed by atoms with Crippen molar-refractivity contribution in [2.24, 2.45) is 22.2 Å². The normalized spacial score (nSPS) is 54.5. The number of Topliss-reactive ketones (excluding diaryl/α,β-unsaturated/α-hetero) is 1. The van der Waals surface area contributed by atoms with E-state index in [2.05, 4.69) is 0 Å². The standard InChI is InChI=1S/C14H20O5/c1-11(2)7-4-5-8(15)13(7)6-9(16)12(11,3)14(13,19)10(17)18/h7-8,15,19H,4-6H2,1-3H3,(H,17,18)/t7-,8+,12?,13?,14?/m1/s1. The molecule has 3 rings (SSSR count). The summed E-state index contributed by atoms with van der Waals surface area (Å²) in [5.41, 5.74) is -5.35. The highest BCUT2D eigenvalue weighted by atomic mass is 16.4. The van der Waals surface area contributed by atoms with Crippen LogP contribution in [0.15, 0.2) is 0 Å². The number of fused-ring (bicyclic) bond motifs is 1. The van der Waals surface area contributed by atoms with Crippen LogP contribution in [0.1, 0.15) is 40.0 Å². The van der Waals surface area contributed by atoms with E-state index in [1.54, 1.807) is 6.92 Å². The molecule has 0 aromatic rings. The Morgan fingerprint density at radius 1 is 1.26 bits per heavy atom. The average molecular weight is 268 g/mol. The Hall–Kier alpha value is -0.940. The molecule has 2 bridgehead atoms. The molecule has 3 aliphatic rings. The third-order valence-electron chi connectivity index (χ3n) is 6.82. The lowest BCUT2D eigenvalue weighted by Crippen LogP contribution is -2.59. The lowest BCUT2D eigenvalue weighted by Gasteiger charge is -2.44. The van der Waals surface area contributed by atoms with E-state index in [4.69, 9.17) is 0 Å². The van der Waals surface area contributed by atoms with Gasteiger partial charge in [-0.25, -0.2) is 4.79 Å². The average Bonchev–Trinajstić information content (AvgIpc) is 2.76. The fraction of sp³-hybridized carbons (Fsp3) is 0.857. The van der Waals surface area contributed by atoms with Crippen molar-refractivity contribution in [3.8, 4) is 0 Å². The van der Waals surface area contributed by atoms with Crippen molar-refractivity contribution in [3.05, 3.63) is 0 Å². The summed E-state index contributed by atoms with van der Waals surface area (Å²) < 4.78 is 0. The van der Waals surface area contributed by atoms with Crippen molar-refractivity contribution in [1.82, 2.24) is 0 Å². The van der Waals surface area contributed by atoms with Crippen LogP contribution in [0.25, 0.3) is 0 Å². The zero-order chi connectivity index (χ0) is 14.4. The smallest absolute Gasteiger partial charge is 0.337 e. The number of rotatable bonds is 1. The highest BCUT2D eigenvalue weighted by Crippen LogP contribution is 2.79. The van der Waals surface area contributed by atoms with Gasteiger partial charge in [0.05, 0.1) is 11.5 Å². The summed E-state index contributed by atoms with van der Waals surface area (Å²) in [6.45, 7) is 5.26. The number of carbonyl (C=O) groups is 2. The minimum absolute atomic E-state index is 0.0262. The summed E-state index contributed by atoms with van der Waals surface area (Å²) in [6.07, 6.45) is 0.160. The number of aliphatic hydroxyl groups is 2. The summed E-state index contributed by atoms with van der Waals surface area (Å²) in [5.74, 6) is -1.75. The van der Waals surface area contributed by atoms with Gasteiger partial charge in [-0.1, -0.05) is 13.8 Å². The van der Waals surface area contributed by atoms with Gasteiger partial charge in [0.25, 0.3) is 0 Å². The van der Waals surface area contributed by atoms with Crippen LogP contribution in [0, 0.1) is 22.2 Å². The molecule has 5 heteroatoms. The van der Waals surface area contributed by atoms with E-state index in [9.17, 15) is 24.9 Å². The lowest BCUT2D eigenvalue weighted by molar-refractivity contribution is -0.191. The molecular formula is C14H20O5. The van der Waals surface area contributed by atoms with Gasteiger partial charge in [-0.05, 0) is 31.1 Å². The molecule has 0 heterocycles. The fourth-order valence-corrected chi connectivity index (χ4v) is 5.64. The van der Waals surface area contributed by atoms with Crippen molar-refractivity contribution in [1.29, 1.82) is 0 Å². The van der Waals surface area contributed by atoms with E-state index >= 15 is 0 Å². The maximum Gasteiger partial charge on any atom is 0.337 e. The second kappa shape index (κ2) is 3.04. The summed E-state index contributed by atoms with van der Waals surface area (Å²) in [4.78, 5) is 24.2.